The predicted octanol–water partition coefficient (Wildman–Crippen LogP) is 2.68. The van der Waals surface area contributed by atoms with Crippen LogP contribution < -0.4 is 5.32 Å². The van der Waals surface area contributed by atoms with E-state index in [1.807, 2.05) is 30.3 Å². The Morgan fingerprint density at radius 1 is 1.26 bits per heavy atom. The van der Waals surface area contributed by atoms with Crippen molar-refractivity contribution in [2.45, 2.75) is 12.5 Å². The topological polar surface area (TPSA) is 58.6 Å². The summed E-state index contributed by atoms with van der Waals surface area (Å²) >= 11 is 5.70. The first-order valence-corrected chi connectivity index (χ1v) is 9.07. The van der Waals surface area contributed by atoms with Crippen molar-refractivity contribution in [3.8, 4) is 0 Å². The quantitative estimate of drug-likeness (QED) is 0.825. The second kappa shape index (κ2) is 8.97. The summed E-state index contributed by atoms with van der Waals surface area (Å²) in [4.78, 5) is 26.0. The van der Waals surface area contributed by atoms with Crippen LogP contribution in [0, 0.1) is 5.82 Å². The molecule has 3 rings (SSSR count). The van der Waals surface area contributed by atoms with Gasteiger partial charge in [-0.2, -0.15) is 0 Å². The van der Waals surface area contributed by atoms with E-state index in [4.69, 9.17) is 16.3 Å². The molecule has 1 atom stereocenters. The van der Waals surface area contributed by atoms with Crippen LogP contribution in [0.4, 0.5) is 4.39 Å². The Morgan fingerprint density at radius 2 is 2.04 bits per heavy atom. The molecule has 1 aliphatic heterocycles. The summed E-state index contributed by atoms with van der Waals surface area (Å²) in [6.45, 7) is 1.26. The van der Waals surface area contributed by atoms with E-state index in [-0.39, 0.29) is 41.7 Å². The zero-order chi connectivity index (χ0) is 19.2. The van der Waals surface area contributed by atoms with Crippen LogP contribution in [0.2, 0.25) is 5.02 Å². The lowest BCUT2D eigenvalue weighted by atomic mass is 10.1. The molecule has 1 N–H and O–H groups in total. The average molecular weight is 391 g/mol. The van der Waals surface area contributed by atoms with Gasteiger partial charge in [0.15, 0.2) is 0 Å². The number of morpholine rings is 1. The highest BCUT2D eigenvalue weighted by Gasteiger charge is 2.26. The van der Waals surface area contributed by atoms with Crippen molar-refractivity contribution in [1.82, 2.24) is 10.2 Å². The maximum atomic E-state index is 13.2. The van der Waals surface area contributed by atoms with Crippen LogP contribution in [0.25, 0.3) is 0 Å². The first-order valence-electron chi connectivity index (χ1n) is 8.69. The lowest BCUT2D eigenvalue weighted by Crippen LogP contribution is -2.51. The second-order valence-corrected chi connectivity index (χ2v) is 6.75. The maximum Gasteiger partial charge on any atom is 0.251 e. The lowest BCUT2D eigenvalue weighted by molar-refractivity contribution is -0.148. The summed E-state index contributed by atoms with van der Waals surface area (Å²) < 4.78 is 18.7. The van der Waals surface area contributed by atoms with Gasteiger partial charge in [-0.15, -0.1) is 0 Å². The molecule has 0 radical (unpaired) electrons. The zero-order valence-corrected chi connectivity index (χ0v) is 15.4. The molecule has 1 saturated heterocycles. The molecular formula is C20H20ClFN2O3. The highest BCUT2D eigenvalue weighted by atomic mass is 35.5. The summed E-state index contributed by atoms with van der Waals surface area (Å²) in [6.07, 6.45) is 0.470. The van der Waals surface area contributed by atoms with E-state index in [2.05, 4.69) is 5.32 Å². The molecule has 0 aliphatic carbocycles. The van der Waals surface area contributed by atoms with E-state index in [0.717, 1.165) is 18.1 Å². The molecule has 7 heteroatoms. The molecule has 1 heterocycles. The van der Waals surface area contributed by atoms with Crippen molar-refractivity contribution in [3.63, 3.8) is 0 Å². The summed E-state index contributed by atoms with van der Waals surface area (Å²) in [7, 11) is 0. The molecular weight excluding hydrogens is 371 g/mol. The number of nitrogens with one attached hydrogen (secondary N) is 1. The van der Waals surface area contributed by atoms with E-state index in [0.29, 0.717) is 13.1 Å². The average Bonchev–Trinajstić information content (AvgIpc) is 2.69. The summed E-state index contributed by atoms with van der Waals surface area (Å²) in [5, 5.41) is 2.64. The van der Waals surface area contributed by atoms with Crippen molar-refractivity contribution in [2.75, 3.05) is 26.2 Å². The van der Waals surface area contributed by atoms with E-state index in [1.54, 1.807) is 4.90 Å². The van der Waals surface area contributed by atoms with Gasteiger partial charge in [0, 0.05) is 25.2 Å². The first kappa shape index (κ1) is 19.3. The number of nitrogens with zero attached hydrogens (tertiary/aromatic N) is 1. The van der Waals surface area contributed by atoms with Crippen LogP contribution in [-0.4, -0.2) is 49.1 Å². The van der Waals surface area contributed by atoms with Gasteiger partial charge in [0.2, 0.25) is 5.91 Å². The molecule has 0 aromatic heterocycles. The SMILES string of the molecule is O=C(NCC1CN(CCc2ccccc2)C(=O)CO1)c1ccc(F)c(Cl)c1. The summed E-state index contributed by atoms with van der Waals surface area (Å²) in [5.41, 5.74) is 1.43. The zero-order valence-electron chi connectivity index (χ0n) is 14.7. The molecule has 1 aliphatic rings. The predicted molar refractivity (Wildman–Crippen MR) is 100 cm³/mol. The number of halogens is 2. The third-order valence-corrected chi connectivity index (χ3v) is 4.69. The fraction of sp³-hybridized carbons (Fsp3) is 0.300. The number of rotatable bonds is 6. The van der Waals surface area contributed by atoms with Crippen molar-refractivity contribution >= 4 is 23.4 Å². The minimum absolute atomic E-state index is 0.00228. The van der Waals surface area contributed by atoms with Crippen LogP contribution in [0.5, 0.6) is 0 Å². The highest BCUT2D eigenvalue weighted by Crippen LogP contribution is 2.16. The van der Waals surface area contributed by atoms with Gasteiger partial charge in [0.25, 0.3) is 5.91 Å². The van der Waals surface area contributed by atoms with Gasteiger partial charge < -0.3 is 15.0 Å². The Bertz CT molecular complexity index is 816. The Balaban J connectivity index is 1.50. The third-order valence-electron chi connectivity index (χ3n) is 4.40. The molecule has 2 aromatic rings. The van der Waals surface area contributed by atoms with Gasteiger partial charge in [0.05, 0.1) is 11.1 Å². The number of amides is 2. The Morgan fingerprint density at radius 3 is 2.78 bits per heavy atom. The van der Waals surface area contributed by atoms with Gasteiger partial charge >= 0.3 is 0 Å². The van der Waals surface area contributed by atoms with Crippen molar-refractivity contribution in [1.29, 1.82) is 0 Å². The molecule has 1 unspecified atom stereocenters. The number of benzene rings is 2. The van der Waals surface area contributed by atoms with Crippen LogP contribution in [0.15, 0.2) is 48.5 Å². The van der Waals surface area contributed by atoms with Gasteiger partial charge in [-0.3, -0.25) is 9.59 Å². The minimum atomic E-state index is -0.573. The van der Waals surface area contributed by atoms with E-state index < -0.39 is 5.82 Å². The van der Waals surface area contributed by atoms with Crippen molar-refractivity contribution < 1.29 is 18.7 Å². The number of carbonyl (C=O) groups excluding carboxylic acids is 2. The van der Waals surface area contributed by atoms with Crippen molar-refractivity contribution in [3.05, 3.63) is 70.5 Å². The number of hydrogen-bond acceptors (Lipinski definition) is 3. The molecule has 142 valence electrons. The van der Waals surface area contributed by atoms with Crippen LogP contribution in [0.3, 0.4) is 0 Å². The van der Waals surface area contributed by atoms with E-state index in [1.165, 1.54) is 12.1 Å². The fourth-order valence-corrected chi connectivity index (χ4v) is 3.06. The number of carbonyl (C=O) groups is 2. The molecule has 1 fully saturated rings. The highest BCUT2D eigenvalue weighted by molar-refractivity contribution is 6.31. The largest absolute Gasteiger partial charge is 0.365 e. The van der Waals surface area contributed by atoms with Gasteiger partial charge in [-0.25, -0.2) is 4.39 Å². The first-order chi connectivity index (χ1) is 13.0. The molecule has 0 spiro atoms. The number of hydrogen-bond donors (Lipinski definition) is 1. The van der Waals surface area contributed by atoms with E-state index >= 15 is 0 Å². The van der Waals surface area contributed by atoms with Crippen LogP contribution in [0.1, 0.15) is 15.9 Å². The van der Waals surface area contributed by atoms with Gasteiger partial charge in [-0.1, -0.05) is 41.9 Å². The molecule has 2 amide bonds. The summed E-state index contributed by atoms with van der Waals surface area (Å²) in [6, 6.07) is 13.7. The molecule has 0 saturated carbocycles. The molecule has 27 heavy (non-hydrogen) atoms. The Kier molecular flexibility index (Phi) is 6.42. The van der Waals surface area contributed by atoms with Crippen LogP contribution >= 0.6 is 11.6 Å². The number of ether oxygens (including phenoxy) is 1. The van der Waals surface area contributed by atoms with Crippen LogP contribution in [-0.2, 0) is 16.0 Å². The third kappa shape index (κ3) is 5.28. The van der Waals surface area contributed by atoms with Crippen molar-refractivity contribution in [2.24, 2.45) is 0 Å². The maximum absolute atomic E-state index is 13.2. The monoisotopic (exact) mass is 390 g/mol. The minimum Gasteiger partial charge on any atom is -0.365 e. The normalized spacial score (nSPS) is 17.0. The van der Waals surface area contributed by atoms with Gasteiger partial charge in [0.1, 0.15) is 12.4 Å². The second-order valence-electron chi connectivity index (χ2n) is 6.35. The fourth-order valence-electron chi connectivity index (χ4n) is 2.87. The Labute approximate surface area is 162 Å². The summed E-state index contributed by atoms with van der Waals surface area (Å²) in [5.74, 6) is -0.997. The van der Waals surface area contributed by atoms with E-state index in [9.17, 15) is 14.0 Å². The molecule has 5 nitrogen and oxygen atoms in total. The Hall–Kier alpha value is -2.44. The standard InChI is InChI=1S/C20H20ClFN2O3/c21-17-10-15(6-7-18(17)22)20(26)23-11-16-12-24(19(25)13-27-16)9-8-14-4-2-1-3-5-14/h1-7,10,16H,8-9,11-13H2,(H,23,26). The van der Waals surface area contributed by atoms with Gasteiger partial charge in [-0.05, 0) is 30.2 Å². The molecule has 2 aromatic carbocycles. The lowest BCUT2D eigenvalue weighted by Gasteiger charge is -2.33. The smallest absolute Gasteiger partial charge is 0.251 e. The molecule has 0 bridgehead atoms.